The molecule has 1 fully saturated rings. The van der Waals surface area contributed by atoms with Crippen molar-refractivity contribution >= 4 is 33.4 Å². The fraction of sp³-hybridized carbons (Fsp3) is 0.538. The Morgan fingerprint density at radius 3 is 2.70 bits per heavy atom. The van der Waals surface area contributed by atoms with Crippen LogP contribution >= 0.6 is 23.4 Å². The van der Waals surface area contributed by atoms with Crippen LogP contribution in [0.1, 0.15) is 18.4 Å². The zero-order chi connectivity index (χ0) is 14.6. The predicted octanol–water partition coefficient (Wildman–Crippen LogP) is 2.23. The molecule has 0 aliphatic carbocycles. The summed E-state index contributed by atoms with van der Waals surface area (Å²) in [5, 5.41) is 3.56. The molecule has 7 heteroatoms. The summed E-state index contributed by atoms with van der Waals surface area (Å²) in [6.45, 7) is 0.544. The molecular weight excluding hydrogens is 316 g/mol. The Labute approximate surface area is 129 Å². The SMILES string of the molecule is CNCc1cc(S(=O)(=O)NC2CCSCC2)ccc1Cl. The maximum Gasteiger partial charge on any atom is 0.240 e. The van der Waals surface area contributed by atoms with E-state index in [0.29, 0.717) is 11.6 Å². The molecule has 112 valence electrons. The Morgan fingerprint density at radius 2 is 2.05 bits per heavy atom. The third kappa shape index (κ3) is 4.11. The molecule has 0 spiro atoms. The highest BCUT2D eigenvalue weighted by atomic mass is 35.5. The zero-order valence-corrected chi connectivity index (χ0v) is 13.7. The molecule has 2 rings (SSSR count). The van der Waals surface area contributed by atoms with Gasteiger partial charge in [-0.05, 0) is 55.2 Å². The van der Waals surface area contributed by atoms with Crippen LogP contribution in [-0.4, -0.2) is 33.0 Å². The summed E-state index contributed by atoms with van der Waals surface area (Å²) in [5.41, 5.74) is 0.788. The van der Waals surface area contributed by atoms with Crippen LogP contribution in [0.3, 0.4) is 0 Å². The van der Waals surface area contributed by atoms with Crippen LogP contribution in [-0.2, 0) is 16.6 Å². The van der Waals surface area contributed by atoms with Gasteiger partial charge >= 0.3 is 0 Å². The molecule has 0 aromatic heterocycles. The zero-order valence-electron chi connectivity index (χ0n) is 11.4. The number of hydrogen-bond donors (Lipinski definition) is 2. The van der Waals surface area contributed by atoms with Crippen molar-refractivity contribution in [1.82, 2.24) is 10.0 Å². The Hall–Kier alpha value is -0.270. The van der Waals surface area contributed by atoms with Crippen LogP contribution in [0, 0.1) is 0 Å². The van der Waals surface area contributed by atoms with E-state index in [4.69, 9.17) is 11.6 Å². The minimum Gasteiger partial charge on any atom is -0.316 e. The van der Waals surface area contributed by atoms with Gasteiger partial charge < -0.3 is 5.32 Å². The molecule has 0 radical (unpaired) electrons. The van der Waals surface area contributed by atoms with Crippen molar-refractivity contribution < 1.29 is 8.42 Å². The number of sulfonamides is 1. The van der Waals surface area contributed by atoms with Gasteiger partial charge in [0.05, 0.1) is 4.90 Å². The molecule has 0 saturated carbocycles. The van der Waals surface area contributed by atoms with Crippen molar-refractivity contribution in [2.45, 2.75) is 30.3 Å². The largest absolute Gasteiger partial charge is 0.316 e. The van der Waals surface area contributed by atoms with Gasteiger partial charge in [-0.2, -0.15) is 11.8 Å². The van der Waals surface area contributed by atoms with E-state index in [0.717, 1.165) is 29.9 Å². The maximum atomic E-state index is 12.4. The van der Waals surface area contributed by atoms with Gasteiger partial charge in [-0.25, -0.2) is 13.1 Å². The first-order chi connectivity index (χ1) is 9.53. The van der Waals surface area contributed by atoms with Crippen LogP contribution in [0.2, 0.25) is 5.02 Å². The number of hydrogen-bond acceptors (Lipinski definition) is 4. The van der Waals surface area contributed by atoms with E-state index in [1.54, 1.807) is 25.2 Å². The van der Waals surface area contributed by atoms with E-state index in [-0.39, 0.29) is 10.9 Å². The first-order valence-corrected chi connectivity index (χ1v) is 9.57. The van der Waals surface area contributed by atoms with E-state index < -0.39 is 10.0 Å². The molecule has 1 heterocycles. The average molecular weight is 335 g/mol. The Morgan fingerprint density at radius 1 is 1.35 bits per heavy atom. The molecule has 1 aromatic rings. The van der Waals surface area contributed by atoms with Crippen molar-refractivity contribution in [3.05, 3.63) is 28.8 Å². The van der Waals surface area contributed by atoms with Crippen molar-refractivity contribution in [2.75, 3.05) is 18.6 Å². The monoisotopic (exact) mass is 334 g/mol. The number of thioether (sulfide) groups is 1. The van der Waals surface area contributed by atoms with Crippen LogP contribution in [0.5, 0.6) is 0 Å². The molecule has 1 aliphatic rings. The van der Waals surface area contributed by atoms with Crippen molar-refractivity contribution in [3.8, 4) is 0 Å². The van der Waals surface area contributed by atoms with Crippen molar-refractivity contribution in [2.24, 2.45) is 0 Å². The second-order valence-electron chi connectivity index (χ2n) is 4.79. The molecule has 0 unspecified atom stereocenters. The van der Waals surface area contributed by atoms with Gasteiger partial charge in [-0.3, -0.25) is 0 Å². The highest BCUT2D eigenvalue weighted by Gasteiger charge is 2.22. The molecule has 1 aromatic carbocycles. The molecule has 1 aliphatic heterocycles. The third-order valence-electron chi connectivity index (χ3n) is 3.24. The van der Waals surface area contributed by atoms with Crippen molar-refractivity contribution in [1.29, 1.82) is 0 Å². The second kappa shape index (κ2) is 7.13. The number of benzene rings is 1. The molecule has 20 heavy (non-hydrogen) atoms. The summed E-state index contributed by atoms with van der Waals surface area (Å²) >= 11 is 7.93. The Bertz CT molecular complexity index is 557. The first kappa shape index (κ1) is 16.1. The maximum absolute atomic E-state index is 12.4. The minimum atomic E-state index is -3.46. The number of rotatable bonds is 5. The minimum absolute atomic E-state index is 0.0460. The predicted molar refractivity (Wildman–Crippen MR) is 84.9 cm³/mol. The highest BCUT2D eigenvalue weighted by Crippen LogP contribution is 2.22. The molecule has 4 nitrogen and oxygen atoms in total. The fourth-order valence-electron chi connectivity index (χ4n) is 2.15. The highest BCUT2D eigenvalue weighted by molar-refractivity contribution is 7.99. The van der Waals surface area contributed by atoms with Gasteiger partial charge in [0.2, 0.25) is 10.0 Å². The van der Waals surface area contributed by atoms with E-state index in [2.05, 4.69) is 10.0 Å². The lowest BCUT2D eigenvalue weighted by Gasteiger charge is -2.22. The fourth-order valence-corrected chi connectivity index (χ4v) is 4.79. The van der Waals surface area contributed by atoms with E-state index >= 15 is 0 Å². The topological polar surface area (TPSA) is 58.2 Å². The molecular formula is C13H19ClN2O2S2. The number of halogens is 1. The van der Waals surface area contributed by atoms with Gasteiger partial charge in [-0.1, -0.05) is 11.6 Å². The van der Waals surface area contributed by atoms with Crippen molar-refractivity contribution in [3.63, 3.8) is 0 Å². The summed E-state index contributed by atoms with van der Waals surface area (Å²) in [5.74, 6) is 2.03. The van der Waals surface area contributed by atoms with E-state index in [1.807, 2.05) is 11.8 Å². The molecule has 0 atom stereocenters. The van der Waals surface area contributed by atoms with Crippen LogP contribution in [0.4, 0.5) is 0 Å². The molecule has 2 N–H and O–H groups in total. The smallest absolute Gasteiger partial charge is 0.240 e. The van der Waals surface area contributed by atoms with E-state index in [1.165, 1.54) is 0 Å². The Balaban J connectivity index is 2.17. The molecule has 0 bridgehead atoms. The summed E-state index contributed by atoms with van der Waals surface area (Å²) in [7, 11) is -1.66. The standard InChI is InChI=1S/C13H19ClN2O2S2/c1-15-9-10-8-12(2-3-13(10)14)20(17,18)16-11-4-6-19-7-5-11/h2-3,8,11,15-16H,4-7,9H2,1H3. The normalized spacial score (nSPS) is 17.3. The van der Waals surface area contributed by atoms with E-state index in [9.17, 15) is 8.42 Å². The second-order valence-corrected chi connectivity index (χ2v) is 8.14. The van der Waals surface area contributed by atoms with Gasteiger partial charge in [0, 0.05) is 17.6 Å². The first-order valence-electron chi connectivity index (χ1n) is 6.56. The lowest BCUT2D eigenvalue weighted by atomic mass is 10.2. The van der Waals surface area contributed by atoms with Gasteiger partial charge in [0.25, 0.3) is 0 Å². The van der Waals surface area contributed by atoms with Gasteiger partial charge in [0.1, 0.15) is 0 Å². The van der Waals surface area contributed by atoms with Crippen LogP contribution in [0.25, 0.3) is 0 Å². The lowest BCUT2D eigenvalue weighted by molar-refractivity contribution is 0.528. The summed E-state index contributed by atoms with van der Waals surface area (Å²) in [4.78, 5) is 0.283. The van der Waals surface area contributed by atoms with Gasteiger partial charge in [-0.15, -0.1) is 0 Å². The van der Waals surface area contributed by atoms with Crippen LogP contribution in [0.15, 0.2) is 23.1 Å². The molecule has 0 amide bonds. The number of nitrogens with one attached hydrogen (secondary N) is 2. The van der Waals surface area contributed by atoms with Crippen LogP contribution < -0.4 is 10.0 Å². The third-order valence-corrected chi connectivity index (χ3v) is 6.17. The summed E-state index contributed by atoms with van der Waals surface area (Å²) < 4.78 is 27.6. The lowest BCUT2D eigenvalue weighted by Crippen LogP contribution is -2.37. The van der Waals surface area contributed by atoms with Gasteiger partial charge in [0.15, 0.2) is 0 Å². The summed E-state index contributed by atoms with van der Waals surface area (Å²) in [6.07, 6.45) is 1.78. The quantitative estimate of drug-likeness (QED) is 0.867. The average Bonchev–Trinajstić information content (AvgIpc) is 2.42. The summed E-state index contributed by atoms with van der Waals surface area (Å²) in [6, 6.07) is 4.88. The molecule has 1 saturated heterocycles. The Kier molecular flexibility index (Phi) is 5.74.